The number of rotatable bonds is 4. The van der Waals surface area contributed by atoms with Gasteiger partial charge in [-0.2, -0.15) is 5.10 Å². The Morgan fingerprint density at radius 1 is 1.11 bits per heavy atom. The topological polar surface area (TPSA) is 102 Å². The molecule has 6 rings (SSSR count). The molecule has 1 saturated carbocycles. The molecule has 0 spiro atoms. The lowest BCUT2D eigenvalue weighted by Gasteiger charge is -2.36. The Morgan fingerprint density at radius 3 is 2.53 bits per heavy atom. The highest BCUT2D eigenvalue weighted by molar-refractivity contribution is 7.89. The minimum Gasteiger partial charge on any atom is -0.337 e. The maximum atomic E-state index is 14.2. The molecular weight excluding hydrogens is 490 g/mol. The number of carbonyl (C=O) groups excluding carboxylic acids is 1. The van der Waals surface area contributed by atoms with Gasteiger partial charge in [0.25, 0.3) is 5.91 Å². The number of carbonyl (C=O) groups is 1. The van der Waals surface area contributed by atoms with E-state index in [0.29, 0.717) is 41.7 Å². The van der Waals surface area contributed by atoms with E-state index in [2.05, 4.69) is 22.0 Å². The molecule has 1 aliphatic heterocycles. The number of aromatic nitrogens is 5. The van der Waals surface area contributed by atoms with E-state index >= 15 is 0 Å². The Morgan fingerprint density at radius 2 is 1.83 bits per heavy atom. The lowest BCUT2D eigenvalue weighted by atomic mass is 9.87. The van der Waals surface area contributed by atoms with Crippen LogP contribution < -0.4 is 0 Å². The van der Waals surface area contributed by atoms with Crippen molar-refractivity contribution in [1.29, 1.82) is 0 Å². The summed E-state index contributed by atoms with van der Waals surface area (Å²) in [6.07, 6.45) is 7.20. The first kappa shape index (κ1) is 23.0. The fourth-order valence-corrected chi connectivity index (χ4v) is 6.35. The average molecular weight is 515 g/mol. The van der Waals surface area contributed by atoms with Crippen molar-refractivity contribution in [2.75, 3.05) is 19.3 Å². The first-order valence-corrected chi connectivity index (χ1v) is 13.8. The highest BCUT2D eigenvalue weighted by Gasteiger charge is 2.41. The normalized spacial score (nSPS) is 22.1. The molecular formula is C24H24F2N6O3S. The van der Waals surface area contributed by atoms with Crippen LogP contribution in [0.1, 0.15) is 30.3 Å². The van der Waals surface area contributed by atoms with Crippen LogP contribution in [0.2, 0.25) is 0 Å². The molecule has 4 aromatic rings. The van der Waals surface area contributed by atoms with Crippen LogP contribution in [0, 0.1) is 29.4 Å². The van der Waals surface area contributed by atoms with Gasteiger partial charge in [0.15, 0.2) is 21.3 Å². The molecule has 0 N–H and O–H groups in total. The van der Waals surface area contributed by atoms with E-state index in [4.69, 9.17) is 0 Å². The Kier molecular flexibility index (Phi) is 5.15. The molecule has 0 radical (unpaired) electrons. The maximum absolute atomic E-state index is 14.2. The van der Waals surface area contributed by atoms with Gasteiger partial charge in [-0.1, -0.05) is 6.92 Å². The zero-order chi connectivity index (χ0) is 25.4. The molecule has 1 aliphatic carbocycles. The van der Waals surface area contributed by atoms with Crippen molar-refractivity contribution in [3.05, 3.63) is 48.1 Å². The fourth-order valence-electron chi connectivity index (χ4n) is 5.71. The van der Waals surface area contributed by atoms with Crippen molar-refractivity contribution >= 4 is 32.3 Å². The molecule has 2 atom stereocenters. The van der Waals surface area contributed by atoms with Gasteiger partial charge in [0.1, 0.15) is 23.1 Å². The molecule has 2 unspecified atom stereocenters. The van der Waals surface area contributed by atoms with E-state index in [1.807, 2.05) is 4.90 Å². The molecule has 4 aromatic heterocycles. The molecule has 9 nitrogen and oxygen atoms in total. The van der Waals surface area contributed by atoms with Gasteiger partial charge in [-0.05, 0) is 36.7 Å². The number of sulfone groups is 1. The van der Waals surface area contributed by atoms with Crippen LogP contribution in [0.15, 0.2) is 30.7 Å². The summed E-state index contributed by atoms with van der Waals surface area (Å²) in [6.45, 7) is 3.61. The minimum atomic E-state index is -3.50. The molecule has 2 bridgehead atoms. The second-order valence-electron chi connectivity index (χ2n) is 10.00. The molecule has 12 heteroatoms. The first-order valence-electron chi connectivity index (χ1n) is 11.7. The van der Waals surface area contributed by atoms with E-state index in [1.54, 1.807) is 6.07 Å². The molecule has 0 aromatic carbocycles. The largest absolute Gasteiger partial charge is 0.337 e. The van der Waals surface area contributed by atoms with Crippen LogP contribution in [0.5, 0.6) is 0 Å². The van der Waals surface area contributed by atoms with Crippen LogP contribution in [0.3, 0.4) is 0 Å². The van der Waals surface area contributed by atoms with Gasteiger partial charge in [-0.3, -0.25) is 14.2 Å². The van der Waals surface area contributed by atoms with E-state index in [9.17, 15) is 22.0 Å². The third-order valence-electron chi connectivity index (χ3n) is 7.57. The number of pyridine rings is 2. The number of nitrogens with zero attached hydrogens (tertiary/aromatic N) is 6. The van der Waals surface area contributed by atoms with Crippen molar-refractivity contribution in [2.24, 2.45) is 17.8 Å². The number of likely N-dealkylation sites (tertiary alicyclic amines) is 1. The van der Waals surface area contributed by atoms with E-state index in [-0.39, 0.29) is 28.6 Å². The highest BCUT2D eigenvalue weighted by Crippen LogP contribution is 2.41. The van der Waals surface area contributed by atoms with Gasteiger partial charge in [-0.25, -0.2) is 26.9 Å². The SMILES string of the molecule is CC1C2CCC1CN(C(=O)c1cc3c(cn1)c(-c1cnc4c(F)cc(F)cn14)nn3CS(C)(=O)=O)C2. The predicted molar refractivity (Wildman–Crippen MR) is 128 cm³/mol. The summed E-state index contributed by atoms with van der Waals surface area (Å²) in [6, 6.07) is 2.28. The van der Waals surface area contributed by atoms with E-state index in [0.717, 1.165) is 31.4 Å². The summed E-state index contributed by atoms with van der Waals surface area (Å²) in [5.41, 5.74) is 1.01. The average Bonchev–Trinajstić information content (AvgIpc) is 3.42. The van der Waals surface area contributed by atoms with Crippen molar-refractivity contribution in [2.45, 2.75) is 25.6 Å². The Labute approximate surface area is 205 Å². The summed E-state index contributed by atoms with van der Waals surface area (Å²) in [4.78, 5) is 23.6. The first-order chi connectivity index (χ1) is 17.1. The minimum absolute atomic E-state index is 0.0917. The summed E-state index contributed by atoms with van der Waals surface area (Å²) in [5.74, 6) is -0.709. The second kappa shape index (κ2) is 8.05. The molecule has 5 heterocycles. The highest BCUT2D eigenvalue weighted by atomic mass is 32.2. The zero-order valence-corrected chi connectivity index (χ0v) is 20.5. The Balaban J connectivity index is 1.46. The van der Waals surface area contributed by atoms with Crippen LogP contribution in [-0.4, -0.2) is 62.7 Å². The van der Waals surface area contributed by atoms with Gasteiger partial charge < -0.3 is 4.90 Å². The maximum Gasteiger partial charge on any atom is 0.272 e. The van der Waals surface area contributed by atoms with Gasteiger partial charge >= 0.3 is 0 Å². The number of halogens is 2. The zero-order valence-electron chi connectivity index (χ0n) is 19.7. The predicted octanol–water partition coefficient (Wildman–Crippen LogP) is 3.14. The standard InChI is InChI=1S/C24H24F2N6O3S/c1-13-14-3-4-15(13)10-30(9-14)24(33)19-6-20-17(7-27-19)22(29-32(20)12-36(2,34)35)21-8-28-23-18(26)5-16(25)11-31(21)23/h5-8,11,13-15H,3-4,9-10,12H2,1-2H3. The van der Waals surface area contributed by atoms with Gasteiger partial charge in [0.2, 0.25) is 0 Å². The third-order valence-corrected chi connectivity index (χ3v) is 8.29. The third kappa shape index (κ3) is 3.74. The second-order valence-corrected chi connectivity index (χ2v) is 12.1. The van der Waals surface area contributed by atoms with Gasteiger partial charge in [0.05, 0.1) is 17.4 Å². The number of hydrogen-bond donors (Lipinski definition) is 0. The lowest BCUT2D eigenvalue weighted by molar-refractivity contribution is 0.0582. The Hall–Kier alpha value is -3.41. The fraction of sp³-hybridized carbons (Fsp3) is 0.417. The van der Waals surface area contributed by atoms with Crippen LogP contribution in [0.25, 0.3) is 27.9 Å². The number of imidazole rings is 1. The summed E-state index contributed by atoms with van der Waals surface area (Å²) in [5, 5.41) is 4.89. The molecule has 188 valence electrons. The summed E-state index contributed by atoms with van der Waals surface area (Å²) < 4.78 is 55.0. The van der Waals surface area contributed by atoms with Crippen molar-refractivity contribution in [1.82, 2.24) is 29.0 Å². The van der Waals surface area contributed by atoms with Gasteiger partial charge in [0, 0.05) is 43.2 Å². The number of piperidine rings is 1. The van der Waals surface area contributed by atoms with Gasteiger partial charge in [-0.15, -0.1) is 0 Å². The molecule has 36 heavy (non-hydrogen) atoms. The van der Waals surface area contributed by atoms with E-state index in [1.165, 1.54) is 21.5 Å². The van der Waals surface area contributed by atoms with Crippen LogP contribution in [-0.2, 0) is 15.7 Å². The smallest absolute Gasteiger partial charge is 0.272 e. The van der Waals surface area contributed by atoms with Crippen LogP contribution in [0.4, 0.5) is 8.78 Å². The lowest BCUT2D eigenvalue weighted by Crippen LogP contribution is -2.44. The monoisotopic (exact) mass is 514 g/mol. The molecule has 2 aliphatic rings. The van der Waals surface area contributed by atoms with Crippen molar-refractivity contribution in [3.63, 3.8) is 0 Å². The quantitative estimate of drug-likeness (QED) is 0.415. The number of fused-ring (bicyclic) bond motifs is 4. The summed E-state index contributed by atoms with van der Waals surface area (Å²) >= 11 is 0. The van der Waals surface area contributed by atoms with Crippen molar-refractivity contribution < 1.29 is 22.0 Å². The number of amides is 1. The summed E-state index contributed by atoms with van der Waals surface area (Å²) in [7, 11) is -3.50. The number of hydrogen-bond acceptors (Lipinski definition) is 6. The van der Waals surface area contributed by atoms with Crippen molar-refractivity contribution in [3.8, 4) is 11.4 Å². The van der Waals surface area contributed by atoms with Crippen LogP contribution >= 0.6 is 0 Å². The Bertz CT molecular complexity index is 1630. The molecule has 2 fully saturated rings. The molecule has 1 amide bonds. The molecule has 1 saturated heterocycles. The van der Waals surface area contributed by atoms with E-state index < -0.39 is 27.3 Å².